The van der Waals surface area contributed by atoms with E-state index in [-0.39, 0.29) is 5.78 Å². The molecule has 2 rings (SSSR count). The number of ketones is 1. The fourth-order valence-electron chi connectivity index (χ4n) is 2.23. The monoisotopic (exact) mass is 303 g/mol. The van der Waals surface area contributed by atoms with Crippen LogP contribution in [0.2, 0.25) is 0 Å². The van der Waals surface area contributed by atoms with Crippen LogP contribution in [0.1, 0.15) is 45.3 Å². The van der Waals surface area contributed by atoms with Crippen molar-refractivity contribution in [3.63, 3.8) is 0 Å². The number of ether oxygens (including phenoxy) is 1. The third-order valence-corrected chi connectivity index (χ3v) is 4.56. The molecule has 0 spiro atoms. The fraction of sp³-hybridized carbons (Fsp3) is 0.412. The summed E-state index contributed by atoms with van der Waals surface area (Å²) in [6, 6.07) is 6.17. The van der Waals surface area contributed by atoms with E-state index in [1.54, 1.807) is 6.92 Å². The van der Waals surface area contributed by atoms with Gasteiger partial charge in [-0.3, -0.25) is 4.79 Å². The molecule has 0 saturated heterocycles. The highest BCUT2D eigenvalue weighted by Crippen LogP contribution is 2.22. The van der Waals surface area contributed by atoms with Crippen LogP contribution in [0.25, 0.3) is 0 Å². The number of aryl methyl sites for hydroxylation is 3. The maximum atomic E-state index is 11.5. The quantitative estimate of drug-likeness (QED) is 0.753. The molecule has 0 fully saturated rings. The van der Waals surface area contributed by atoms with Crippen LogP contribution in [0, 0.1) is 13.8 Å². The first-order valence-electron chi connectivity index (χ1n) is 7.20. The smallest absolute Gasteiger partial charge is 0.171 e. The zero-order valence-corrected chi connectivity index (χ0v) is 13.8. The van der Waals surface area contributed by atoms with Crippen LogP contribution < -0.4 is 4.74 Å². The van der Waals surface area contributed by atoms with Crippen molar-refractivity contribution in [3.8, 4) is 5.75 Å². The van der Waals surface area contributed by atoms with Gasteiger partial charge in [0.25, 0.3) is 0 Å². The standard InChI is InChI=1S/C17H21NO2S/c1-5-14-17(13(4)19)21-16(18-14)8-9-20-15-7-6-11(2)10-12(15)3/h6-7,10H,5,8-9H2,1-4H3. The average Bonchev–Trinajstić information content (AvgIpc) is 2.85. The Kier molecular flexibility index (Phi) is 5.12. The first-order valence-corrected chi connectivity index (χ1v) is 8.02. The SMILES string of the molecule is CCc1nc(CCOc2ccc(C)cc2C)sc1C(C)=O. The van der Waals surface area contributed by atoms with E-state index in [2.05, 4.69) is 31.0 Å². The number of rotatable bonds is 6. The summed E-state index contributed by atoms with van der Waals surface area (Å²) in [7, 11) is 0. The number of benzene rings is 1. The summed E-state index contributed by atoms with van der Waals surface area (Å²) in [5.41, 5.74) is 3.29. The largest absolute Gasteiger partial charge is 0.493 e. The summed E-state index contributed by atoms with van der Waals surface area (Å²) in [5, 5.41) is 0.974. The van der Waals surface area contributed by atoms with Gasteiger partial charge in [0.05, 0.1) is 22.2 Å². The predicted molar refractivity (Wildman–Crippen MR) is 86.6 cm³/mol. The van der Waals surface area contributed by atoms with E-state index in [0.717, 1.165) is 39.7 Å². The van der Waals surface area contributed by atoms with Crippen LogP contribution in [-0.2, 0) is 12.8 Å². The normalized spacial score (nSPS) is 10.7. The molecule has 1 aromatic carbocycles. The van der Waals surface area contributed by atoms with Crippen LogP contribution in [0.4, 0.5) is 0 Å². The van der Waals surface area contributed by atoms with Gasteiger partial charge in [-0.1, -0.05) is 24.6 Å². The Morgan fingerprint density at radius 3 is 2.67 bits per heavy atom. The molecule has 112 valence electrons. The van der Waals surface area contributed by atoms with E-state index in [1.165, 1.54) is 16.9 Å². The van der Waals surface area contributed by atoms with E-state index in [9.17, 15) is 4.79 Å². The van der Waals surface area contributed by atoms with Crippen LogP contribution in [0.5, 0.6) is 5.75 Å². The molecule has 2 aromatic rings. The van der Waals surface area contributed by atoms with E-state index in [4.69, 9.17) is 4.74 Å². The molecule has 3 nitrogen and oxygen atoms in total. The van der Waals surface area contributed by atoms with Crippen molar-refractivity contribution in [2.75, 3.05) is 6.61 Å². The molecular weight excluding hydrogens is 282 g/mol. The summed E-state index contributed by atoms with van der Waals surface area (Å²) in [6.45, 7) is 8.33. The van der Waals surface area contributed by atoms with Gasteiger partial charge in [0.1, 0.15) is 5.75 Å². The Bertz CT molecular complexity index is 646. The second kappa shape index (κ2) is 6.85. The van der Waals surface area contributed by atoms with Gasteiger partial charge in [0.15, 0.2) is 5.78 Å². The lowest BCUT2D eigenvalue weighted by atomic mass is 10.1. The summed E-state index contributed by atoms with van der Waals surface area (Å²) in [5.74, 6) is 1.02. The van der Waals surface area contributed by atoms with Crippen molar-refractivity contribution in [1.29, 1.82) is 0 Å². The van der Waals surface area contributed by atoms with Gasteiger partial charge in [-0.25, -0.2) is 4.98 Å². The molecule has 1 heterocycles. The number of thiazole rings is 1. The van der Waals surface area contributed by atoms with Crippen molar-refractivity contribution in [1.82, 2.24) is 4.98 Å². The third-order valence-electron chi connectivity index (χ3n) is 3.30. The van der Waals surface area contributed by atoms with Crippen molar-refractivity contribution in [3.05, 3.63) is 44.9 Å². The molecule has 0 atom stereocenters. The third kappa shape index (κ3) is 3.91. The van der Waals surface area contributed by atoms with Gasteiger partial charge in [-0.2, -0.15) is 0 Å². The molecule has 0 N–H and O–H groups in total. The molecule has 0 amide bonds. The number of carbonyl (C=O) groups is 1. The van der Waals surface area contributed by atoms with E-state index in [0.29, 0.717) is 6.61 Å². The minimum atomic E-state index is 0.103. The van der Waals surface area contributed by atoms with Crippen molar-refractivity contribution < 1.29 is 9.53 Å². The topological polar surface area (TPSA) is 39.2 Å². The lowest BCUT2D eigenvalue weighted by Gasteiger charge is -2.08. The number of hydrogen-bond donors (Lipinski definition) is 0. The molecule has 0 radical (unpaired) electrons. The van der Waals surface area contributed by atoms with Crippen LogP contribution in [-0.4, -0.2) is 17.4 Å². The summed E-state index contributed by atoms with van der Waals surface area (Å²) >= 11 is 1.49. The number of hydrogen-bond acceptors (Lipinski definition) is 4. The Morgan fingerprint density at radius 2 is 2.10 bits per heavy atom. The maximum Gasteiger partial charge on any atom is 0.171 e. The second-order valence-electron chi connectivity index (χ2n) is 5.16. The maximum absolute atomic E-state index is 11.5. The Balaban J connectivity index is 1.99. The predicted octanol–water partition coefficient (Wildman–Crippen LogP) is 4.15. The Hall–Kier alpha value is -1.68. The molecule has 0 saturated carbocycles. The lowest BCUT2D eigenvalue weighted by molar-refractivity contribution is 0.102. The molecule has 21 heavy (non-hydrogen) atoms. The number of Topliss-reactive ketones (excluding diaryl/α,β-unsaturated/α-hetero) is 1. The molecule has 0 bridgehead atoms. The van der Waals surface area contributed by atoms with E-state index < -0.39 is 0 Å². The van der Waals surface area contributed by atoms with Crippen molar-refractivity contribution in [2.45, 2.75) is 40.5 Å². The minimum absolute atomic E-state index is 0.103. The molecule has 4 heteroatoms. The van der Waals surface area contributed by atoms with E-state index >= 15 is 0 Å². The molecular formula is C17H21NO2S. The van der Waals surface area contributed by atoms with Gasteiger partial charge in [0, 0.05) is 13.3 Å². The molecule has 0 aliphatic heterocycles. The Labute approximate surface area is 130 Å². The van der Waals surface area contributed by atoms with Gasteiger partial charge in [0.2, 0.25) is 0 Å². The zero-order chi connectivity index (χ0) is 15.4. The number of carbonyl (C=O) groups excluding carboxylic acids is 1. The first kappa shape index (κ1) is 15.7. The minimum Gasteiger partial charge on any atom is -0.493 e. The molecule has 0 aliphatic rings. The van der Waals surface area contributed by atoms with Gasteiger partial charge in [-0.05, 0) is 31.9 Å². The average molecular weight is 303 g/mol. The molecule has 1 aromatic heterocycles. The van der Waals surface area contributed by atoms with Crippen molar-refractivity contribution in [2.24, 2.45) is 0 Å². The highest BCUT2D eigenvalue weighted by Gasteiger charge is 2.13. The highest BCUT2D eigenvalue weighted by atomic mass is 32.1. The van der Waals surface area contributed by atoms with Crippen LogP contribution in [0.15, 0.2) is 18.2 Å². The van der Waals surface area contributed by atoms with E-state index in [1.807, 2.05) is 13.0 Å². The Morgan fingerprint density at radius 1 is 1.33 bits per heavy atom. The van der Waals surface area contributed by atoms with Gasteiger partial charge < -0.3 is 4.74 Å². The first-order chi connectivity index (χ1) is 10.0. The summed E-state index contributed by atoms with van der Waals surface area (Å²) < 4.78 is 5.82. The van der Waals surface area contributed by atoms with Gasteiger partial charge >= 0.3 is 0 Å². The highest BCUT2D eigenvalue weighted by molar-refractivity contribution is 7.13. The van der Waals surface area contributed by atoms with Crippen LogP contribution >= 0.6 is 11.3 Å². The summed E-state index contributed by atoms with van der Waals surface area (Å²) in [6.07, 6.45) is 1.53. The number of aromatic nitrogens is 1. The van der Waals surface area contributed by atoms with Gasteiger partial charge in [-0.15, -0.1) is 11.3 Å². The summed E-state index contributed by atoms with van der Waals surface area (Å²) in [4.78, 5) is 16.9. The number of nitrogens with zero attached hydrogens (tertiary/aromatic N) is 1. The molecule has 0 aliphatic carbocycles. The lowest BCUT2D eigenvalue weighted by Crippen LogP contribution is -2.02. The fourth-order valence-corrected chi connectivity index (χ4v) is 3.26. The van der Waals surface area contributed by atoms with Crippen LogP contribution in [0.3, 0.4) is 0 Å². The zero-order valence-electron chi connectivity index (χ0n) is 13.0. The molecule has 0 unspecified atom stereocenters. The van der Waals surface area contributed by atoms with Crippen molar-refractivity contribution >= 4 is 17.1 Å². The second-order valence-corrected chi connectivity index (χ2v) is 6.24.